The van der Waals surface area contributed by atoms with Gasteiger partial charge < -0.3 is 14.8 Å². The van der Waals surface area contributed by atoms with E-state index in [2.05, 4.69) is 5.32 Å². The van der Waals surface area contributed by atoms with Crippen LogP contribution in [0.25, 0.3) is 0 Å². The summed E-state index contributed by atoms with van der Waals surface area (Å²) in [5, 5.41) is 3.04. The number of benzene rings is 1. The topological polar surface area (TPSA) is 47.6 Å². The molecule has 102 valence electrons. The van der Waals surface area contributed by atoms with Crippen LogP contribution in [-0.2, 0) is 0 Å². The molecule has 0 atom stereocenters. The fraction of sp³-hybridized carbons (Fsp3) is 0.500. The Morgan fingerprint density at radius 2 is 2.00 bits per heavy atom. The highest BCUT2D eigenvalue weighted by molar-refractivity contribution is 6.19. The molecule has 1 N–H and O–H groups in total. The summed E-state index contributed by atoms with van der Waals surface area (Å²) < 4.78 is 10.9. The standard InChI is InChI=1S/C14H16ClNO3/c15-9-14(4-1-5-14)16-13(17)10-2-3-11-12(8-10)19-7-6-18-11/h2-3,8H,1,4-7,9H2,(H,16,17). The van der Waals surface area contributed by atoms with E-state index in [-0.39, 0.29) is 11.4 Å². The summed E-state index contributed by atoms with van der Waals surface area (Å²) in [6.07, 6.45) is 3.02. The second-order valence-corrected chi connectivity index (χ2v) is 5.35. The summed E-state index contributed by atoms with van der Waals surface area (Å²) in [5.74, 6) is 1.69. The third-order valence-corrected chi connectivity index (χ3v) is 4.26. The minimum absolute atomic E-state index is 0.0997. The first kappa shape index (κ1) is 12.6. The van der Waals surface area contributed by atoms with Crippen molar-refractivity contribution < 1.29 is 14.3 Å². The van der Waals surface area contributed by atoms with Crippen LogP contribution < -0.4 is 14.8 Å². The van der Waals surface area contributed by atoms with Crippen molar-refractivity contribution in [3.05, 3.63) is 23.8 Å². The zero-order valence-electron chi connectivity index (χ0n) is 10.6. The van der Waals surface area contributed by atoms with E-state index >= 15 is 0 Å². The molecule has 19 heavy (non-hydrogen) atoms. The number of rotatable bonds is 3. The van der Waals surface area contributed by atoms with E-state index in [1.165, 1.54) is 0 Å². The van der Waals surface area contributed by atoms with Crippen LogP contribution in [0.2, 0.25) is 0 Å². The molecule has 0 unspecified atom stereocenters. The van der Waals surface area contributed by atoms with Crippen LogP contribution in [0, 0.1) is 0 Å². The van der Waals surface area contributed by atoms with E-state index in [0.717, 1.165) is 19.3 Å². The number of carbonyl (C=O) groups is 1. The van der Waals surface area contributed by atoms with Crippen LogP contribution in [0.3, 0.4) is 0 Å². The van der Waals surface area contributed by atoms with Crippen molar-refractivity contribution in [3.8, 4) is 11.5 Å². The highest BCUT2D eigenvalue weighted by atomic mass is 35.5. The molecule has 5 heteroatoms. The van der Waals surface area contributed by atoms with Gasteiger partial charge in [0, 0.05) is 11.4 Å². The van der Waals surface area contributed by atoms with E-state index < -0.39 is 0 Å². The largest absolute Gasteiger partial charge is 0.486 e. The Labute approximate surface area is 117 Å². The zero-order valence-corrected chi connectivity index (χ0v) is 11.3. The molecule has 1 aliphatic heterocycles. The molecule has 1 saturated carbocycles. The van der Waals surface area contributed by atoms with Gasteiger partial charge in [-0.25, -0.2) is 0 Å². The molecule has 2 aliphatic rings. The molecule has 1 fully saturated rings. The lowest BCUT2D eigenvalue weighted by Crippen LogP contribution is -2.55. The molecule has 0 aromatic heterocycles. The number of hydrogen-bond acceptors (Lipinski definition) is 3. The van der Waals surface area contributed by atoms with Gasteiger partial charge in [-0.1, -0.05) is 0 Å². The molecule has 1 aromatic carbocycles. The first-order chi connectivity index (χ1) is 9.22. The molecule has 3 rings (SSSR count). The Balaban J connectivity index is 1.76. The van der Waals surface area contributed by atoms with Gasteiger partial charge in [0.05, 0.1) is 5.54 Å². The van der Waals surface area contributed by atoms with Gasteiger partial charge in [0.1, 0.15) is 13.2 Å². The van der Waals surface area contributed by atoms with E-state index in [1.54, 1.807) is 18.2 Å². The van der Waals surface area contributed by atoms with Crippen molar-refractivity contribution in [2.75, 3.05) is 19.1 Å². The van der Waals surface area contributed by atoms with Crippen LogP contribution in [0.15, 0.2) is 18.2 Å². The summed E-state index contributed by atoms with van der Waals surface area (Å²) in [5.41, 5.74) is 0.368. The van der Waals surface area contributed by atoms with E-state index in [0.29, 0.717) is 36.2 Å². The number of carbonyl (C=O) groups excluding carboxylic acids is 1. The van der Waals surface area contributed by atoms with E-state index in [1.807, 2.05) is 0 Å². The molecule has 4 nitrogen and oxygen atoms in total. The molecule has 1 aliphatic carbocycles. The Bertz CT molecular complexity index is 494. The Kier molecular flexibility index (Phi) is 3.27. The first-order valence-electron chi connectivity index (χ1n) is 6.51. The average molecular weight is 282 g/mol. The van der Waals surface area contributed by atoms with Crippen LogP contribution >= 0.6 is 11.6 Å². The number of alkyl halides is 1. The number of hydrogen-bond donors (Lipinski definition) is 1. The highest BCUT2D eigenvalue weighted by Gasteiger charge is 2.37. The van der Waals surface area contributed by atoms with Crippen LogP contribution in [0.4, 0.5) is 0 Å². The van der Waals surface area contributed by atoms with Gasteiger partial charge in [-0.2, -0.15) is 0 Å². The second kappa shape index (κ2) is 4.93. The molecule has 1 aromatic rings. The smallest absolute Gasteiger partial charge is 0.251 e. The third kappa shape index (κ3) is 2.37. The van der Waals surface area contributed by atoms with Crippen molar-refractivity contribution in [2.45, 2.75) is 24.8 Å². The SMILES string of the molecule is O=C(NC1(CCl)CCC1)c1ccc2c(c1)OCCO2. The summed E-state index contributed by atoms with van der Waals surface area (Å²) in [7, 11) is 0. The minimum Gasteiger partial charge on any atom is -0.486 e. The number of fused-ring (bicyclic) bond motifs is 1. The summed E-state index contributed by atoms with van der Waals surface area (Å²) in [4.78, 5) is 12.2. The second-order valence-electron chi connectivity index (χ2n) is 5.08. The Morgan fingerprint density at radius 3 is 2.63 bits per heavy atom. The number of nitrogens with one attached hydrogen (secondary N) is 1. The molecular weight excluding hydrogens is 266 g/mol. The summed E-state index contributed by atoms with van der Waals surface area (Å²) >= 11 is 5.95. The van der Waals surface area contributed by atoms with Crippen molar-refractivity contribution in [2.24, 2.45) is 0 Å². The maximum atomic E-state index is 12.2. The fourth-order valence-electron chi connectivity index (χ4n) is 2.39. The van der Waals surface area contributed by atoms with Crippen LogP contribution in [0.1, 0.15) is 29.6 Å². The van der Waals surface area contributed by atoms with E-state index in [4.69, 9.17) is 21.1 Å². The average Bonchev–Trinajstić information content (AvgIpc) is 2.42. The van der Waals surface area contributed by atoms with Gasteiger partial charge in [-0.15, -0.1) is 11.6 Å². The lowest BCUT2D eigenvalue weighted by Gasteiger charge is -2.41. The van der Waals surface area contributed by atoms with Gasteiger partial charge in [0.25, 0.3) is 5.91 Å². The predicted molar refractivity (Wildman–Crippen MR) is 72.2 cm³/mol. The molecule has 0 saturated heterocycles. The normalized spacial score (nSPS) is 19.4. The first-order valence-corrected chi connectivity index (χ1v) is 7.04. The fourth-order valence-corrected chi connectivity index (χ4v) is 2.73. The van der Waals surface area contributed by atoms with Crippen molar-refractivity contribution in [3.63, 3.8) is 0 Å². The third-order valence-electron chi connectivity index (χ3n) is 3.75. The minimum atomic E-state index is -0.216. The van der Waals surface area contributed by atoms with Crippen LogP contribution in [-0.4, -0.2) is 30.5 Å². The highest BCUT2D eigenvalue weighted by Crippen LogP contribution is 2.34. The predicted octanol–water partition coefficient (Wildman–Crippen LogP) is 2.35. The quantitative estimate of drug-likeness (QED) is 0.865. The van der Waals surface area contributed by atoms with Gasteiger partial charge in [-0.05, 0) is 37.5 Å². The lowest BCUT2D eigenvalue weighted by atomic mass is 9.78. The van der Waals surface area contributed by atoms with Gasteiger partial charge >= 0.3 is 0 Å². The molecule has 1 heterocycles. The van der Waals surface area contributed by atoms with Gasteiger partial charge in [-0.3, -0.25) is 4.79 Å². The zero-order chi connectivity index (χ0) is 13.3. The number of halogens is 1. The van der Waals surface area contributed by atoms with Gasteiger partial charge in [0.15, 0.2) is 11.5 Å². The number of ether oxygens (including phenoxy) is 2. The molecule has 0 spiro atoms. The number of amides is 1. The van der Waals surface area contributed by atoms with Crippen LogP contribution in [0.5, 0.6) is 11.5 Å². The molecule has 0 radical (unpaired) electrons. The van der Waals surface area contributed by atoms with Crippen molar-refractivity contribution in [1.82, 2.24) is 5.32 Å². The Hall–Kier alpha value is -1.42. The maximum Gasteiger partial charge on any atom is 0.251 e. The van der Waals surface area contributed by atoms with Gasteiger partial charge in [0.2, 0.25) is 0 Å². The lowest BCUT2D eigenvalue weighted by molar-refractivity contribution is 0.0852. The summed E-state index contributed by atoms with van der Waals surface area (Å²) in [6, 6.07) is 5.26. The monoisotopic (exact) mass is 281 g/mol. The maximum absolute atomic E-state index is 12.2. The molecule has 0 bridgehead atoms. The van der Waals surface area contributed by atoms with Crippen molar-refractivity contribution >= 4 is 17.5 Å². The summed E-state index contributed by atoms with van der Waals surface area (Å²) in [6.45, 7) is 1.07. The Morgan fingerprint density at radius 1 is 1.26 bits per heavy atom. The van der Waals surface area contributed by atoms with E-state index in [9.17, 15) is 4.79 Å². The molecular formula is C14H16ClNO3. The molecule has 1 amide bonds. The van der Waals surface area contributed by atoms with Crippen molar-refractivity contribution in [1.29, 1.82) is 0 Å².